The van der Waals surface area contributed by atoms with Gasteiger partial charge in [-0.05, 0) is 31.3 Å². The van der Waals surface area contributed by atoms with E-state index in [1.54, 1.807) is 6.07 Å². The summed E-state index contributed by atoms with van der Waals surface area (Å²) in [6, 6.07) is 7.85. The summed E-state index contributed by atoms with van der Waals surface area (Å²) in [5.41, 5.74) is 0.412. The van der Waals surface area contributed by atoms with Gasteiger partial charge in [0.05, 0.1) is 6.07 Å². The van der Waals surface area contributed by atoms with Crippen LogP contribution in [0.1, 0.15) is 23.7 Å². The molecule has 0 saturated heterocycles. The van der Waals surface area contributed by atoms with Crippen LogP contribution >= 0.6 is 0 Å². The van der Waals surface area contributed by atoms with Gasteiger partial charge in [0.25, 0.3) is 6.43 Å². The van der Waals surface area contributed by atoms with E-state index >= 15 is 0 Å². The Morgan fingerprint density at radius 1 is 1.24 bits per heavy atom. The molecule has 1 atom stereocenters. The first kappa shape index (κ1) is 13.8. The average Bonchev–Trinajstić information content (AvgIpc) is 2.25. The first-order valence-electron chi connectivity index (χ1n) is 5.29. The largest absolute Gasteiger partial charge is 0.399 e. The third kappa shape index (κ3) is 4.25. The summed E-state index contributed by atoms with van der Waals surface area (Å²) in [5, 5.41) is 9.03. The van der Waals surface area contributed by atoms with Crippen LogP contribution in [0.4, 0.5) is 8.78 Å². The predicted octanol–water partition coefficient (Wildman–Crippen LogP) is 4.04. The zero-order chi connectivity index (χ0) is 13.1. The van der Waals surface area contributed by atoms with Crippen molar-refractivity contribution in [1.29, 1.82) is 5.26 Å². The number of alkyl halides is 2. The summed E-state index contributed by atoms with van der Waals surface area (Å²) < 4.78 is 30.7. The normalized spacial score (nSPS) is 13.5. The molecule has 0 heterocycles. The Bertz CT molecular complexity index is 423. The first-order chi connectivity index (χ1) is 7.83. The summed E-state index contributed by atoms with van der Waals surface area (Å²) in [6.07, 6.45) is -3.29. The van der Waals surface area contributed by atoms with Crippen LogP contribution in [0.2, 0.25) is 19.6 Å². The SMILES string of the molecule is C[Si](C)(C)OC(C#N)c1cccc(C(F)F)c1. The number of hydrogen-bond donors (Lipinski definition) is 0. The number of nitriles is 1. The Labute approximate surface area is 101 Å². The maximum absolute atomic E-state index is 12.5. The van der Waals surface area contributed by atoms with Crippen molar-refractivity contribution in [3.63, 3.8) is 0 Å². The molecule has 0 aliphatic heterocycles. The molecule has 92 valence electrons. The lowest BCUT2D eigenvalue weighted by Crippen LogP contribution is -2.27. The van der Waals surface area contributed by atoms with Gasteiger partial charge in [0, 0.05) is 5.56 Å². The Hall–Kier alpha value is -1.25. The van der Waals surface area contributed by atoms with Crippen molar-refractivity contribution in [2.24, 2.45) is 0 Å². The second-order valence-electron chi connectivity index (χ2n) is 4.71. The van der Waals surface area contributed by atoms with Gasteiger partial charge in [-0.1, -0.05) is 18.2 Å². The molecule has 0 aliphatic carbocycles. The van der Waals surface area contributed by atoms with Crippen LogP contribution in [0.5, 0.6) is 0 Å². The minimum absolute atomic E-state index is 0.0816. The van der Waals surface area contributed by atoms with E-state index in [4.69, 9.17) is 9.69 Å². The highest BCUT2D eigenvalue weighted by atomic mass is 28.4. The van der Waals surface area contributed by atoms with Crippen LogP contribution < -0.4 is 0 Å². The van der Waals surface area contributed by atoms with Crippen molar-refractivity contribution in [2.75, 3.05) is 0 Å². The zero-order valence-corrected chi connectivity index (χ0v) is 11.1. The molecule has 1 rings (SSSR count). The van der Waals surface area contributed by atoms with Crippen LogP contribution in [0.25, 0.3) is 0 Å². The predicted molar refractivity (Wildman–Crippen MR) is 64.2 cm³/mol. The lowest BCUT2D eigenvalue weighted by molar-refractivity contribution is 0.151. The molecule has 0 radical (unpaired) electrons. The Morgan fingerprint density at radius 3 is 2.29 bits per heavy atom. The standard InChI is InChI=1S/C12H15F2NOSi/c1-17(2,3)16-11(8-15)9-5-4-6-10(7-9)12(13)14/h4-7,11-12H,1-3H3. The van der Waals surface area contributed by atoms with E-state index in [1.807, 2.05) is 25.7 Å². The summed E-state index contributed by atoms with van der Waals surface area (Å²) in [4.78, 5) is 0. The van der Waals surface area contributed by atoms with Crippen LogP contribution in [-0.4, -0.2) is 8.32 Å². The third-order valence-electron chi connectivity index (χ3n) is 2.05. The second-order valence-corrected chi connectivity index (χ2v) is 9.17. The quantitative estimate of drug-likeness (QED) is 0.761. The summed E-state index contributed by atoms with van der Waals surface area (Å²) >= 11 is 0. The van der Waals surface area contributed by atoms with Gasteiger partial charge < -0.3 is 4.43 Å². The monoisotopic (exact) mass is 255 g/mol. The number of benzene rings is 1. The van der Waals surface area contributed by atoms with Crippen LogP contribution in [0.15, 0.2) is 24.3 Å². The van der Waals surface area contributed by atoms with E-state index in [9.17, 15) is 8.78 Å². The summed E-state index contributed by atoms with van der Waals surface area (Å²) in [5.74, 6) is 0. The molecule has 0 aliphatic rings. The molecule has 0 amide bonds. The highest BCUT2D eigenvalue weighted by Crippen LogP contribution is 2.26. The molecule has 0 aromatic heterocycles. The van der Waals surface area contributed by atoms with E-state index in [0.717, 1.165) is 0 Å². The van der Waals surface area contributed by atoms with Crippen molar-refractivity contribution in [3.8, 4) is 6.07 Å². The van der Waals surface area contributed by atoms with Crippen molar-refractivity contribution in [2.45, 2.75) is 32.2 Å². The fourth-order valence-electron chi connectivity index (χ4n) is 1.38. The van der Waals surface area contributed by atoms with Gasteiger partial charge in [-0.3, -0.25) is 0 Å². The molecule has 0 bridgehead atoms. The Morgan fingerprint density at radius 2 is 1.82 bits per heavy atom. The lowest BCUT2D eigenvalue weighted by Gasteiger charge is -2.22. The van der Waals surface area contributed by atoms with Gasteiger partial charge in [-0.2, -0.15) is 5.26 Å². The van der Waals surface area contributed by atoms with Gasteiger partial charge in [0.15, 0.2) is 14.4 Å². The molecular formula is C12H15F2NOSi. The number of hydrogen-bond acceptors (Lipinski definition) is 2. The van der Waals surface area contributed by atoms with Crippen molar-refractivity contribution >= 4 is 8.32 Å². The summed E-state index contributed by atoms with van der Waals surface area (Å²) in [7, 11) is -1.88. The summed E-state index contributed by atoms with van der Waals surface area (Å²) in [6.45, 7) is 5.86. The topological polar surface area (TPSA) is 33.0 Å². The van der Waals surface area contributed by atoms with Crippen LogP contribution in [0.3, 0.4) is 0 Å². The molecule has 0 saturated carbocycles. The van der Waals surface area contributed by atoms with E-state index in [2.05, 4.69) is 0 Å². The minimum atomic E-state index is -2.53. The maximum Gasteiger partial charge on any atom is 0.263 e. The van der Waals surface area contributed by atoms with Crippen LogP contribution in [0, 0.1) is 11.3 Å². The van der Waals surface area contributed by atoms with Gasteiger partial charge in [0.1, 0.15) is 0 Å². The van der Waals surface area contributed by atoms with E-state index in [0.29, 0.717) is 5.56 Å². The number of rotatable bonds is 4. The van der Waals surface area contributed by atoms with E-state index < -0.39 is 20.8 Å². The molecule has 5 heteroatoms. The highest BCUT2D eigenvalue weighted by molar-refractivity contribution is 6.69. The molecule has 17 heavy (non-hydrogen) atoms. The third-order valence-corrected chi connectivity index (χ3v) is 3.00. The molecule has 1 aromatic carbocycles. The molecule has 1 aromatic rings. The molecule has 2 nitrogen and oxygen atoms in total. The van der Waals surface area contributed by atoms with Crippen molar-refractivity contribution in [3.05, 3.63) is 35.4 Å². The van der Waals surface area contributed by atoms with Crippen molar-refractivity contribution < 1.29 is 13.2 Å². The van der Waals surface area contributed by atoms with Gasteiger partial charge in [0.2, 0.25) is 0 Å². The molecule has 0 N–H and O–H groups in total. The molecule has 1 unspecified atom stereocenters. The van der Waals surface area contributed by atoms with Crippen molar-refractivity contribution in [1.82, 2.24) is 0 Å². The minimum Gasteiger partial charge on any atom is -0.399 e. The molecule has 0 fully saturated rings. The lowest BCUT2D eigenvalue weighted by atomic mass is 10.1. The first-order valence-corrected chi connectivity index (χ1v) is 8.70. The second kappa shape index (κ2) is 5.39. The average molecular weight is 255 g/mol. The van der Waals surface area contributed by atoms with Gasteiger partial charge in [-0.25, -0.2) is 8.78 Å². The highest BCUT2D eigenvalue weighted by Gasteiger charge is 2.22. The van der Waals surface area contributed by atoms with Crippen LogP contribution in [-0.2, 0) is 4.43 Å². The maximum atomic E-state index is 12.5. The van der Waals surface area contributed by atoms with E-state index in [-0.39, 0.29) is 5.56 Å². The smallest absolute Gasteiger partial charge is 0.263 e. The Kier molecular flexibility index (Phi) is 4.38. The zero-order valence-electron chi connectivity index (χ0n) is 10.1. The van der Waals surface area contributed by atoms with Gasteiger partial charge in [-0.15, -0.1) is 0 Å². The Balaban J connectivity index is 2.97. The number of nitrogens with zero attached hydrogens (tertiary/aromatic N) is 1. The fourth-order valence-corrected chi connectivity index (χ4v) is 2.28. The molecular weight excluding hydrogens is 240 g/mol. The fraction of sp³-hybridized carbons (Fsp3) is 0.417. The number of halogens is 2. The molecule has 0 spiro atoms. The van der Waals surface area contributed by atoms with E-state index in [1.165, 1.54) is 18.2 Å². The van der Waals surface area contributed by atoms with Gasteiger partial charge >= 0.3 is 0 Å².